The number of hydrogen-bond acceptors (Lipinski definition) is 3. The molecule has 4 nitrogen and oxygen atoms in total. The Morgan fingerprint density at radius 1 is 1.30 bits per heavy atom. The predicted molar refractivity (Wildman–Crippen MR) is 77.4 cm³/mol. The highest BCUT2D eigenvalue weighted by molar-refractivity contribution is 5.90. The number of ether oxygens (including phenoxy) is 1. The lowest BCUT2D eigenvalue weighted by Gasteiger charge is -2.45. The molecule has 1 aliphatic rings. The lowest BCUT2D eigenvalue weighted by Crippen LogP contribution is -2.46. The van der Waals surface area contributed by atoms with Gasteiger partial charge < -0.3 is 9.84 Å². The van der Waals surface area contributed by atoms with E-state index < -0.39 is 24.0 Å². The normalized spacial score (nSPS) is 29.9. The zero-order chi connectivity index (χ0) is 15.2. The van der Waals surface area contributed by atoms with Crippen LogP contribution in [0.4, 0.5) is 0 Å². The van der Waals surface area contributed by atoms with Crippen LogP contribution in [-0.2, 0) is 14.3 Å². The van der Waals surface area contributed by atoms with E-state index in [0.29, 0.717) is 5.92 Å². The van der Waals surface area contributed by atoms with E-state index in [1.165, 1.54) is 12.8 Å². The van der Waals surface area contributed by atoms with Crippen LogP contribution < -0.4 is 0 Å². The average Bonchev–Trinajstić information content (AvgIpc) is 2.39. The minimum absolute atomic E-state index is 0.357. The molecule has 1 saturated carbocycles. The first kappa shape index (κ1) is 17.0. The van der Waals surface area contributed by atoms with Crippen LogP contribution in [0.3, 0.4) is 0 Å². The van der Waals surface area contributed by atoms with Crippen LogP contribution >= 0.6 is 0 Å². The molecule has 0 aliphatic heterocycles. The smallest absolute Gasteiger partial charge is 0.317 e. The van der Waals surface area contributed by atoms with Gasteiger partial charge in [-0.15, -0.1) is 0 Å². The summed E-state index contributed by atoms with van der Waals surface area (Å²) in [6.45, 7) is 6.38. The highest BCUT2D eigenvalue weighted by Crippen LogP contribution is 2.44. The minimum Gasteiger partial charge on any atom is -0.481 e. The molecular weight excluding hydrogens is 256 g/mol. The van der Waals surface area contributed by atoms with Crippen LogP contribution in [-0.4, -0.2) is 22.6 Å². The van der Waals surface area contributed by atoms with E-state index in [2.05, 4.69) is 13.8 Å². The fourth-order valence-electron chi connectivity index (χ4n) is 3.65. The molecule has 0 aromatic heterocycles. The van der Waals surface area contributed by atoms with Gasteiger partial charge in [0.2, 0.25) is 0 Å². The maximum Gasteiger partial charge on any atom is 0.317 e. The number of hydrogen-bond donors (Lipinski definition) is 1. The molecule has 0 aromatic carbocycles. The molecule has 20 heavy (non-hydrogen) atoms. The maximum atomic E-state index is 11.8. The van der Waals surface area contributed by atoms with Gasteiger partial charge in [0.05, 0.1) is 0 Å². The molecule has 116 valence electrons. The van der Waals surface area contributed by atoms with Crippen LogP contribution in [0.25, 0.3) is 0 Å². The van der Waals surface area contributed by atoms with Gasteiger partial charge in [0.15, 0.2) is 0 Å². The van der Waals surface area contributed by atoms with Crippen molar-refractivity contribution in [2.24, 2.45) is 11.8 Å². The van der Waals surface area contributed by atoms with Crippen molar-refractivity contribution in [1.82, 2.24) is 0 Å². The number of esters is 1. The highest BCUT2D eigenvalue weighted by Gasteiger charge is 2.44. The summed E-state index contributed by atoms with van der Waals surface area (Å²) < 4.78 is 5.65. The van der Waals surface area contributed by atoms with Crippen LogP contribution in [0, 0.1) is 11.8 Å². The molecule has 4 heteroatoms. The molecule has 0 aromatic rings. The number of carbonyl (C=O) groups is 2. The topological polar surface area (TPSA) is 63.6 Å². The summed E-state index contributed by atoms with van der Waals surface area (Å²) in [6, 6.07) is 0. The first-order valence-corrected chi connectivity index (χ1v) is 7.91. The largest absolute Gasteiger partial charge is 0.481 e. The Labute approximate surface area is 121 Å². The third-order valence-electron chi connectivity index (χ3n) is 4.74. The van der Waals surface area contributed by atoms with Crippen LogP contribution in [0.1, 0.15) is 72.1 Å². The summed E-state index contributed by atoms with van der Waals surface area (Å²) in [5.74, 6) is -0.626. The van der Waals surface area contributed by atoms with Gasteiger partial charge in [0.25, 0.3) is 0 Å². The van der Waals surface area contributed by atoms with Crippen molar-refractivity contribution in [3.8, 4) is 0 Å². The average molecular weight is 284 g/mol. The van der Waals surface area contributed by atoms with Gasteiger partial charge in [0, 0.05) is 0 Å². The van der Waals surface area contributed by atoms with Crippen LogP contribution in [0.5, 0.6) is 0 Å². The molecule has 1 aliphatic carbocycles. The number of carboxylic acid groups (broad SMARTS) is 1. The van der Waals surface area contributed by atoms with E-state index in [-0.39, 0.29) is 0 Å². The molecular formula is C16H28O4. The van der Waals surface area contributed by atoms with Crippen LogP contribution in [0.15, 0.2) is 0 Å². The number of carboxylic acids is 1. The Morgan fingerprint density at radius 2 is 2.00 bits per heavy atom. The number of rotatable bonds is 7. The Balaban J connectivity index is 2.75. The second-order valence-electron chi connectivity index (χ2n) is 6.00. The third-order valence-corrected chi connectivity index (χ3v) is 4.74. The highest BCUT2D eigenvalue weighted by atomic mass is 16.6. The van der Waals surface area contributed by atoms with Crippen molar-refractivity contribution in [2.75, 3.05) is 0 Å². The number of aliphatic carboxylic acids is 1. The van der Waals surface area contributed by atoms with Crippen molar-refractivity contribution < 1.29 is 19.4 Å². The van der Waals surface area contributed by atoms with Gasteiger partial charge >= 0.3 is 11.9 Å². The van der Waals surface area contributed by atoms with E-state index in [9.17, 15) is 9.59 Å². The molecule has 0 radical (unpaired) electrons. The second kappa shape index (κ2) is 7.65. The summed E-state index contributed by atoms with van der Waals surface area (Å²) in [5.41, 5.74) is -0.439. The SMILES string of the molecule is CCCC1CCC(CC)(OC(=O)CC(=O)O)C(CC)C1. The fraction of sp³-hybridized carbons (Fsp3) is 0.875. The van der Waals surface area contributed by atoms with Gasteiger partial charge in [0.1, 0.15) is 12.0 Å². The summed E-state index contributed by atoms with van der Waals surface area (Å²) in [4.78, 5) is 22.4. The van der Waals surface area contributed by atoms with E-state index in [1.54, 1.807) is 0 Å². The third kappa shape index (κ3) is 4.22. The summed E-state index contributed by atoms with van der Waals surface area (Å²) in [5, 5.41) is 8.70. The van der Waals surface area contributed by atoms with E-state index >= 15 is 0 Å². The van der Waals surface area contributed by atoms with Gasteiger partial charge in [-0.1, -0.05) is 33.6 Å². The minimum atomic E-state index is -1.12. The fourth-order valence-corrected chi connectivity index (χ4v) is 3.65. The van der Waals surface area contributed by atoms with E-state index in [1.807, 2.05) is 6.92 Å². The Morgan fingerprint density at radius 3 is 2.50 bits per heavy atom. The lowest BCUT2D eigenvalue weighted by atomic mass is 9.67. The van der Waals surface area contributed by atoms with Gasteiger partial charge in [-0.25, -0.2) is 0 Å². The molecule has 0 spiro atoms. The molecule has 0 amide bonds. The van der Waals surface area contributed by atoms with Crippen LogP contribution in [0.2, 0.25) is 0 Å². The van der Waals surface area contributed by atoms with Crippen molar-refractivity contribution in [3.05, 3.63) is 0 Å². The molecule has 0 heterocycles. The Hall–Kier alpha value is -1.06. The second-order valence-corrected chi connectivity index (χ2v) is 6.00. The molecule has 3 atom stereocenters. The van der Waals surface area contributed by atoms with Crippen molar-refractivity contribution in [2.45, 2.75) is 77.7 Å². The van der Waals surface area contributed by atoms with Crippen molar-refractivity contribution in [1.29, 1.82) is 0 Å². The first-order valence-electron chi connectivity index (χ1n) is 7.91. The molecule has 0 saturated heterocycles. The zero-order valence-corrected chi connectivity index (χ0v) is 13.0. The predicted octanol–water partition coefficient (Wildman–Crippen LogP) is 3.78. The quantitative estimate of drug-likeness (QED) is 0.571. The van der Waals surface area contributed by atoms with Crippen molar-refractivity contribution in [3.63, 3.8) is 0 Å². The first-order chi connectivity index (χ1) is 9.47. The standard InChI is InChI=1S/C16H28O4/c1-4-7-12-8-9-16(6-3,13(5-2)10-12)20-15(19)11-14(17)18/h12-13H,4-11H2,1-3H3,(H,17,18). The van der Waals surface area contributed by atoms with Gasteiger partial charge in [-0.05, 0) is 43.9 Å². The maximum absolute atomic E-state index is 11.8. The molecule has 1 rings (SSSR count). The van der Waals surface area contributed by atoms with Gasteiger partial charge in [-0.2, -0.15) is 0 Å². The lowest BCUT2D eigenvalue weighted by molar-refractivity contribution is -0.176. The Kier molecular flexibility index (Phi) is 6.50. The molecule has 1 fully saturated rings. The number of carbonyl (C=O) groups excluding carboxylic acids is 1. The summed E-state index contributed by atoms with van der Waals surface area (Å²) >= 11 is 0. The molecule has 3 unspecified atom stereocenters. The monoisotopic (exact) mass is 284 g/mol. The van der Waals surface area contributed by atoms with Gasteiger partial charge in [-0.3, -0.25) is 9.59 Å². The zero-order valence-electron chi connectivity index (χ0n) is 13.0. The molecule has 0 bridgehead atoms. The summed E-state index contributed by atoms with van der Waals surface area (Å²) in [7, 11) is 0. The van der Waals surface area contributed by atoms with E-state index in [0.717, 1.165) is 38.0 Å². The van der Waals surface area contributed by atoms with Crippen molar-refractivity contribution >= 4 is 11.9 Å². The molecule has 1 N–H and O–H groups in total. The summed E-state index contributed by atoms with van der Waals surface area (Å²) in [6.07, 6.45) is 6.70. The van der Waals surface area contributed by atoms with E-state index in [4.69, 9.17) is 9.84 Å². The Bertz CT molecular complexity index is 339.